The predicted octanol–water partition coefficient (Wildman–Crippen LogP) is 4.49. The molecule has 0 amide bonds. The highest BCUT2D eigenvalue weighted by molar-refractivity contribution is 5.72. The quantitative estimate of drug-likeness (QED) is 0.758. The molecule has 0 fully saturated rings. The van der Waals surface area contributed by atoms with Crippen LogP contribution in [-0.2, 0) is 17.9 Å². The molecule has 26 heavy (non-hydrogen) atoms. The average molecular weight is 355 g/mol. The molecule has 0 aliphatic rings. The second kappa shape index (κ2) is 8.86. The molecule has 0 spiro atoms. The molecule has 0 bridgehead atoms. The van der Waals surface area contributed by atoms with E-state index in [4.69, 9.17) is 4.74 Å². The Morgan fingerprint density at radius 1 is 1.12 bits per heavy atom. The molecule has 2 aromatic carbocycles. The van der Waals surface area contributed by atoms with Gasteiger partial charge in [0.2, 0.25) is 0 Å². The fourth-order valence-corrected chi connectivity index (χ4v) is 3.19. The number of hydrogen-bond acceptors (Lipinski definition) is 3. The number of hydrogen-bond donors (Lipinski definition) is 1. The van der Waals surface area contributed by atoms with Crippen molar-refractivity contribution >= 4 is 5.97 Å². The highest BCUT2D eigenvalue weighted by Crippen LogP contribution is 2.27. The van der Waals surface area contributed by atoms with Crippen LogP contribution in [0.25, 0.3) is 0 Å². The third-order valence-corrected chi connectivity index (χ3v) is 4.85. The van der Waals surface area contributed by atoms with Gasteiger partial charge in [0.15, 0.2) is 0 Å². The van der Waals surface area contributed by atoms with Gasteiger partial charge in [0.05, 0.1) is 0 Å². The van der Waals surface area contributed by atoms with Gasteiger partial charge >= 0.3 is 5.97 Å². The highest BCUT2D eigenvalue weighted by atomic mass is 16.5. The summed E-state index contributed by atoms with van der Waals surface area (Å²) in [4.78, 5) is 13.2. The molecule has 1 unspecified atom stereocenters. The maximum Gasteiger partial charge on any atom is 0.320 e. The first kappa shape index (κ1) is 20.0. The van der Waals surface area contributed by atoms with E-state index in [0.717, 1.165) is 22.4 Å². The monoisotopic (exact) mass is 355 g/mol. The fourth-order valence-electron chi connectivity index (χ4n) is 3.19. The number of rotatable bonds is 8. The van der Waals surface area contributed by atoms with Gasteiger partial charge in [-0.3, -0.25) is 9.69 Å². The van der Waals surface area contributed by atoms with Crippen molar-refractivity contribution in [3.63, 3.8) is 0 Å². The van der Waals surface area contributed by atoms with Crippen molar-refractivity contribution < 1.29 is 14.6 Å². The molecule has 4 heteroatoms. The molecule has 0 radical (unpaired) electrons. The fraction of sp³-hybridized carbons (Fsp3) is 0.409. The Morgan fingerprint density at radius 2 is 1.73 bits per heavy atom. The number of nitrogens with zero attached hydrogens (tertiary/aromatic N) is 1. The Bertz CT molecular complexity index is 747. The Hall–Kier alpha value is -2.33. The van der Waals surface area contributed by atoms with Crippen LogP contribution in [0.15, 0.2) is 36.4 Å². The molecule has 4 nitrogen and oxygen atoms in total. The summed E-state index contributed by atoms with van der Waals surface area (Å²) < 4.78 is 6.10. The van der Waals surface area contributed by atoms with E-state index in [-0.39, 0.29) is 0 Å². The Labute approximate surface area is 156 Å². The summed E-state index contributed by atoms with van der Waals surface area (Å²) in [5.74, 6) is 0.116. The molecule has 0 aliphatic carbocycles. The topological polar surface area (TPSA) is 49.8 Å². The lowest BCUT2D eigenvalue weighted by Crippen LogP contribution is -2.38. The first-order valence-corrected chi connectivity index (χ1v) is 9.07. The van der Waals surface area contributed by atoms with Gasteiger partial charge in [-0.15, -0.1) is 0 Å². The van der Waals surface area contributed by atoms with Gasteiger partial charge in [0.25, 0.3) is 0 Å². The minimum Gasteiger partial charge on any atom is -0.488 e. The largest absolute Gasteiger partial charge is 0.488 e. The van der Waals surface area contributed by atoms with Crippen LogP contribution in [0, 0.1) is 20.8 Å². The summed E-state index contributed by atoms with van der Waals surface area (Å²) in [5, 5.41) is 9.25. The Balaban J connectivity index is 2.14. The van der Waals surface area contributed by atoms with Gasteiger partial charge in [-0.25, -0.2) is 0 Å². The van der Waals surface area contributed by atoms with Crippen molar-refractivity contribution in [3.05, 3.63) is 64.2 Å². The van der Waals surface area contributed by atoms with Crippen molar-refractivity contribution in [2.75, 3.05) is 6.54 Å². The molecule has 2 aromatic rings. The number of carboxylic acids is 1. The van der Waals surface area contributed by atoms with Crippen LogP contribution in [0.1, 0.15) is 41.7 Å². The van der Waals surface area contributed by atoms with Gasteiger partial charge in [-0.1, -0.05) is 43.3 Å². The zero-order chi connectivity index (χ0) is 19.3. The summed E-state index contributed by atoms with van der Waals surface area (Å²) in [6.07, 6.45) is 0. The number of ether oxygens (including phenoxy) is 1. The highest BCUT2D eigenvalue weighted by Gasteiger charge is 2.19. The molecule has 0 saturated carbocycles. The van der Waals surface area contributed by atoms with Crippen LogP contribution < -0.4 is 4.74 Å². The maximum absolute atomic E-state index is 11.3. The molecule has 0 saturated heterocycles. The first-order chi connectivity index (χ1) is 12.3. The number of carboxylic acid groups (broad SMARTS) is 1. The third kappa shape index (κ3) is 4.85. The number of carbonyl (C=O) groups is 1. The number of aryl methyl sites for hydroxylation is 3. The summed E-state index contributed by atoms with van der Waals surface area (Å²) in [7, 11) is 0. The van der Waals surface area contributed by atoms with Crippen molar-refractivity contribution in [2.24, 2.45) is 0 Å². The van der Waals surface area contributed by atoms with Gasteiger partial charge in [0, 0.05) is 6.54 Å². The van der Waals surface area contributed by atoms with E-state index in [1.807, 2.05) is 37.8 Å². The second-order valence-corrected chi connectivity index (χ2v) is 6.85. The smallest absolute Gasteiger partial charge is 0.320 e. The number of likely N-dealkylation sites (N-methyl/N-ethyl adjacent to an activating group) is 1. The molecule has 0 heterocycles. The molecule has 0 aliphatic heterocycles. The van der Waals surface area contributed by atoms with Crippen molar-refractivity contribution in [1.29, 1.82) is 0 Å². The van der Waals surface area contributed by atoms with E-state index in [1.54, 1.807) is 6.92 Å². The lowest BCUT2D eigenvalue weighted by Gasteiger charge is -2.25. The van der Waals surface area contributed by atoms with Crippen LogP contribution in [0.5, 0.6) is 5.75 Å². The normalized spacial score (nSPS) is 12.2. The van der Waals surface area contributed by atoms with Crippen LogP contribution >= 0.6 is 0 Å². The van der Waals surface area contributed by atoms with Crippen LogP contribution in [-0.4, -0.2) is 28.6 Å². The molecular formula is C22H29NO3. The van der Waals surface area contributed by atoms with Crippen LogP contribution in [0.3, 0.4) is 0 Å². The minimum atomic E-state index is -0.793. The van der Waals surface area contributed by atoms with Gasteiger partial charge in [0.1, 0.15) is 18.4 Å². The summed E-state index contributed by atoms with van der Waals surface area (Å²) in [5.41, 5.74) is 5.67. The first-order valence-electron chi connectivity index (χ1n) is 9.07. The molecule has 1 atom stereocenters. The van der Waals surface area contributed by atoms with Crippen molar-refractivity contribution in [3.8, 4) is 5.75 Å². The molecular weight excluding hydrogens is 326 g/mol. The molecule has 2 rings (SSSR count). The molecule has 140 valence electrons. The van der Waals surface area contributed by atoms with E-state index in [1.165, 1.54) is 11.1 Å². The van der Waals surface area contributed by atoms with E-state index in [9.17, 15) is 9.90 Å². The SMILES string of the molecule is CCN(Cc1cc(C)c(OCc2ccccc2C)c(C)c1)C(C)C(=O)O. The Kier molecular flexibility index (Phi) is 6.81. The lowest BCUT2D eigenvalue weighted by molar-refractivity contribution is -0.142. The molecule has 1 N–H and O–H groups in total. The van der Waals surface area contributed by atoms with Crippen LogP contribution in [0.2, 0.25) is 0 Å². The Morgan fingerprint density at radius 3 is 2.27 bits per heavy atom. The summed E-state index contributed by atoms with van der Waals surface area (Å²) in [6, 6.07) is 11.9. The summed E-state index contributed by atoms with van der Waals surface area (Å²) >= 11 is 0. The average Bonchev–Trinajstić information content (AvgIpc) is 2.59. The summed E-state index contributed by atoms with van der Waals surface area (Å²) in [6.45, 7) is 11.7. The zero-order valence-electron chi connectivity index (χ0n) is 16.4. The van der Waals surface area contributed by atoms with E-state index >= 15 is 0 Å². The second-order valence-electron chi connectivity index (χ2n) is 6.85. The van der Waals surface area contributed by atoms with Crippen molar-refractivity contribution in [1.82, 2.24) is 4.90 Å². The van der Waals surface area contributed by atoms with E-state index in [0.29, 0.717) is 19.7 Å². The number of benzene rings is 2. The van der Waals surface area contributed by atoms with E-state index < -0.39 is 12.0 Å². The number of aliphatic carboxylic acids is 1. The molecule has 0 aromatic heterocycles. The van der Waals surface area contributed by atoms with Gasteiger partial charge in [-0.05, 0) is 62.1 Å². The standard InChI is InChI=1S/C22H29NO3/c1-6-23(18(5)22(24)25)13-19-11-16(3)21(17(4)12-19)26-14-20-10-8-7-9-15(20)2/h7-12,18H,6,13-14H2,1-5H3,(H,24,25). The van der Waals surface area contributed by atoms with Gasteiger partial charge < -0.3 is 9.84 Å². The van der Waals surface area contributed by atoms with E-state index in [2.05, 4.69) is 31.2 Å². The van der Waals surface area contributed by atoms with Crippen molar-refractivity contribution in [2.45, 2.75) is 53.8 Å². The maximum atomic E-state index is 11.3. The van der Waals surface area contributed by atoms with Gasteiger partial charge in [-0.2, -0.15) is 0 Å². The third-order valence-electron chi connectivity index (χ3n) is 4.85. The zero-order valence-corrected chi connectivity index (χ0v) is 16.4. The van der Waals surface area contributed by atoms with Crippen LogP contribution in [0.4, 0.5) is 0 Å². The lowest BCUT2D eigenvalue weighted by atomic mass is 10.0. The predicted molar refractivity (Wildman–Crippen MR) is 105 cm³/mol. The minimum absolute atomic E-state index is 0.502.